The molecule has 0 saturated carbocycles. The molecule has 7 nitrogen and oxygen atoms in total. The molecule has 0 bridgehead atoms. The Kier molecular flexibility index (Phi) is 4.39. The lowest BCUT2D eigenvalue weighted by molar-refractivity contribution is -0.118. The predicted molar refractivity (Wildman–Crippen MR) is 129 cm³/mol. The zero-order valence-corrected chi connectivity index (χ0v) is 19.4. The fourth-order valence-corrected chi connectivity index (χ4v) is 5.05. The minimum atomic E-state index is -0.329. The second-order valence-corrected chi connectivity index (χ2v) is 9.98. The number of ether oxygens (including phenoxy) is 1. The molecular formula is C27H25N5O2. The molecule has 0 saturated heterocycles. The van der Waals surface area contributed by atoms with Gasteiger partial charge in [0, 0.05) is 35.6 Å². The van der Waals surface area contributed by atoms with Crippen LogP contribution in [0.3, 0.4) is 0 Å². The normalized spacial score (nSPS) is 19.0. The number of Topliss-reactive ketones (excluding diaryl/α,β-unsaturated/α-hetero) is 1. The van der Waals surface area contributed by atoms with Crippen molar-refractivity contribution in [2.75, 3.05) is 5.73 Å². The molecule has 2 N–H and O–H groups in total. The first-order chi connectivity index (χ1) is 16.3. The van der Waals surface area contributed by atoms with Crippen LogP contribution in [-0.2, 0) is 4.79 Å². The highest BCUT2D eigenvalue weighted by molar-refractivity contribution is 6.00. The van der Waals surface area contributed by atoms with Gasteiger partial charge in [0.15, 0.2) is 17.3 Å². The summed E-state index contributed by atoms with van der Waals surface area (Å²) in [6.45, 7) is 6.25. The third-order valence-corrected chi connectivity index (χ3v) is 6.68. The highest BCUT2D eigenvalue weighted by Gasteiger charge is 2.44. The minimum absolute atomic E-state index is 0.108. The third-order valence-electron chi connectivity index (χ3n) is 6.68. The number of carbonyl (C=O) groups is 1. The number of hydrogen-bond donors (Lipinski definition) is 1. The summed E-state index contributed by atoms with van der Waals surface area (Å²) in [5, 5.41) is 4.65. The molecule has 34 heavy (non-hydrogen) atoms. The molecule has 1 unspecified atom stereocenters. The van der Waals surface area contributed by atoms with E-state index in [1.807, 2.05) is 24.3 Å². The van der Waals surface area contributed by atoms with Crippen LogP contribution in [0.25, 0.3) is 17.0 Å². The number of aryl methyl sites for hydroxylation is 1. The molecule has 2 aromatic carbocycles. The lowest BCUT2D eigenvalue weighted by Crippen LogP contribution is -2.33. The van der Waals surface area contributed by atoms with Crippen molar-refractivity contribution < 1.29 is 9.53 Å². The second-order valence-electron chi connectivity index (χ2n) is 9.98. The molecule has 6 rings (SSSR count). The maximum absolute atomic E-state index is 13.5. The van der Waals surface area contributed by atoms with Crippen LogP contribution in [0.15, 0.2) is 66.2 Å². The number of hydrogen-bond acceptors (Lipinski definition) is 6. The van der Waals surface area contributed by atoms with Crippen LogP contribution in [0.2, 0.25) is 0 Å². The van der Waals surface area contributed by atoms with Gasteiger partial charge < -0.3 is 10.5 Å². The van der Waals surface area contributed by atoms with Gasteiger partial charge in [-0.2, -0.15) is 0 Å². The van der Waals surface area contributed by atoms with Crippen molar-refractivity contribution in [3.63, 3.8) is 0 Å². The molecule has 170 valence electrons. The third kappa shape index (κ3) is 3.19. The van der Waals surface area contributed by atoms with E-state index >= 15 is 0 Å². The Balaban J connectivity index is 1.61. The van der Waals surface area contributed by atoms with E-state index in [4.69, 9.17) is 15.5 Å². The monoisotopic (exact) mass is 451 g/mol. The number of para-hydroxylation sites is 1. The van der Waals surface area contributed by atoms with Gasteiger partial charge in [-0.3, -0.25) is 4.79 Å². The van der Waals surface area contributed by atoms with Gasteiger partial charge in [-0.1, -0.05) is 55.8 Å². The molecule has 0 radical (unpaired) electrons. The summed E-state index contributed by atoms with van der Waals surface area (Å²) in [5.41, 5.74) is 11.6. The van der Waals surface area contributed by atoms with Crippen LogP contribution in [0, 0.1) is 12.3 Å². The van der Waals surface area contributed by atoms with Crippen molar-refractivity contribution in [1.29, 1.82) is 0 Å². The van der Waals surface area contributed by atoms with Crippen LogP contribution >= 0.6 is 0 Å². The molecule has 1 aliphatic heterocycles. The van der Waals surface area contributed by atoms with Gasteiger partial charge in [0.2, 0.25) is 5.88 Å². The molecule has 0 amide bonds. The Morgan fingerprint density at radius 3 is 2.62 bits per heavy atom. The summed E-state index contributed by atoms with van der Waals surface area (Å²) in [7, 11) is 0. The van der Waals surface area contributed by atoms with Gasteiger partial charge in [-0.05, 0) is 30.0 Å². The van der Waals surface area contributed by atoms with Crippen LogP contribution in [0.5, 0.6) is 5.88 Å². The highest BCUT2D eigenvalue weighted by Crippen LogP contribution is 2.50. The number of fused-ring (bicyclic) bond motifs is 3. The van der Waals surface area contributed by atoms with Gasteiger partial charge in [0.1, 0.15) is 12.1 Å². The summed E-state index contributed by atoms with van der Waals surface area (Å²) in [6, 6.07) is 15.8. The number of nitrogens with two attached hydrogens (primary N) is 1. The van der Waals surface area contributed by atoms with E-state index in [-0.39, 0.29) is 17.1 Å². The zero-order valence-electron chi connectivity index (χ0n) is 19.4. The van der Waals surface area contributed by atoms with Gasteiger partial charge in [0.25, 0.3) is 0 Å². The van der Waals surface area contributed by atoms with Crippen LogP contribution in [0.4, 0.5) is 5.69 Å². The van der Waals surface area contributed by atoms with E-state index < -0.39 is 0 Å². The highest BCUT2D eigenvalue weighted by atomic mass is 16.5. The smallest absolute Gasteiger partial charge is 0.228 e. The number of nitrogen functional groups attached to an aromatic ring is 1. The Labute approximate surface area is 197 Å². The summed E-state index contributed by atoms with van der Waals surface area (Å²) >= 11 is 0. The second kappa shape index (κ2) is 7.25. The van der Waals surface area contributed by atoms with Crippen molar-refractivity contribution in [1.82, 2.24) is 19.6 Å². The first-order valence-electron chi connectivity index (χ1n) is 11.4. The van der Waals surface area contributed by atoms with Crippen molar-refractivity contribution in [2.45, 2.75) is 39.5 Å². The Morgan fingerprint density at radius 2 is 1.85 bits per heavy atom. The standard InChI is InChI=1S/C27H25N5O2/c1-15-8-10-16(11-9-15)21-22-19(33)12-27(2,3)13-20(22)34-26-23(21)25-30-24(31-32(25)14-29-26)17-6-4-5-7-18(17)28/h4-11,14,21H,12-13,28H2,1-3H3. The van der Waals surface area contributed by atoms with Gasteiger partial charge in [-0.25, -0.2) is 14.5 Å². The number of anilines is 1. The fraction of sp³-hybridized carbons (Fsp3) is 0.259. The Bertz CT molecular complexity index is 1500. The Morgan fingerprint density at radius 1 is 1.09 bits per heavy atom. The average Bonchev–Trinajstić information content (AvgIpc) is 3.22. The van der Waals surface area contributed by atoms with Gasteiger partial charge >= 0.3 is 0 Å². The minimum Gasteiger partial charge on any atom is -0.442 e. The Hall–Kier alpha value is -4.00. The van der Waals surface area contributed by atoms with E-state index in [1.165, 1.54) is 0 Å². The van der Waals surface area contributed by atoms with Crippen molar-refractivity contribution in [3.05, 3.63) is 82.9 Å². The molecule has 0 spiro atoms. The molecule has 1 atom stereocenters. The molecule has 4 aromatic rings. The fourth-order valence-electron chi connectivity index (χ4n) is 5.05. The molecule has 3 heterocycles. The molecule has 7 heteroatoms. The first-order valence-corrected chi connectivity index (χ1v) is 11.4. The van der Waals surface area contributed by atoms with Crippen molar-refractivity contribution in [2.24, 2.45) is 5.41 Å². The number of ketones is 1. The zero-order chi connectivity index (χ0) is 23.6. The van der Waals surface area contributed by atoms with Crippen molar-refractivity contribution >= 4 is 17.1 Å². The average molecular weight is 452 g/mol. The molecule has 2 aromatic heterocycles. The maximum atomic E-state index is 13.5. The van der Waals surface area contributed by atoms with Crippen LogP contribution in [0.1, 0.15) is 49.3 Å². The molecule has 0 fully saturated rings. The van der Waals surface area contributed by atoms with Crippen LogP contribution < -0.4 is 10.5 Å². The van der Waals surface area contributed by atoms with E-state index in [2.05, 4.69) is 55.1 Å². The number of allylic oxidation sites excluding steroid dienone is 2. The summed E-state index contributed by atoms with van der Waals surface area (Å²) in [5.74, 6) is 1.47. The van der Waals surface area contributed by atoms with E-state index in [1.54, 1.807) is 10.8 Å². The summed E-state index contributed by atoms with van der Waals surface area (Å²) < 4.78 is 7.95. The lowest BCUT2D eigenvalue weighted by Gasteiger charge is -2.37. The summed E-state index contributed by atoms with van der Waals surface area (Å²) in [4.78, 5) is 22.9. The van der Waals surface area contributed by atoms with E-state index in [0.29, 0.717) is 47.2 Å². The van der Waals surface area contributed by atoms with Gasteiger partial charge in [-0.15, -0.1) is 5.10 Å². The molecule has 1 aliphatic carbocycles. The molecular weight excluding hydrogens is 426 g/mol. The number of rotatable bonds is 2. The summed E-state index contributed by atoms with van der Waals surface area (Å²) in [6.07, 6.45) is 2.76. The predicted octanol–water partition coefficient (Wildman–Crippen LogP) is 4.85. The SMILES string of the molecule is Cc1ccc(C2C3=C(CC(C)(C)CC3=O)Oc3ncn4nc(-c5ccccc5N)nc4c32)cc1. The number of nitrogens with zero attached hydrogens (tertiary/aromatic N) is 4. The van der Waals surface area contributed by atoms with Crippen molar-refractivity contribution in [3.8, 4) is 17.3 Å². The largest absolute Gasteiger partial charge is 0.442 e. The number of benzene rings is 2. The van der Waals surface area contributed by atoms with E-state index in [0.717, 1.165) is 22.3 Å². The topological polar surface area (TPSA) is 95.4 Å². The first kappa shape index (κ1) is 20.6. The van der Waals surface area contributed by atoms with E-state index in [9.17, 15) is 4.79 Å². The lowest BCUT2D eigenvalue weighted by atomic mass is 9.70. The number of aromatic nitrogens is 4. The van der Waals surface area contributed by atoms with Gasteiger partial charge in [0.05, 0.1) is 5.56 Å². The maximum Gasteiger partial charge on any atom is 0.228 e. The quantitative estimate of drug-likeness (QED) is 0.438. The number of carbonyl (C=O) groups excluding carboxylic acids is 1. The molecule has 2 aliphatic rings. The van der Waals surface area contributed by atoms with Crippen LogP contribution in [-0.4, -0.2) is 25.4 Å².